The standard InChI is InChI=1S/C11H16Cl2S/c1-4-5-6-11(2,3)8-7-9(12)14-10(8)13/h7H,4-6H2,1-3H3. The lowest BCUT2D eigenvalue weighted by atomic mass is 9.82. The second kappa shape index (κ2) is 4.87. The SMILES string of the molecule is CCCCC(C)(C)c1cc(Cl)sc1Cl. The first-order valence-corrected chi connectivity index (χ1v) is 6.50. The van der Waals surface area contributed by atoms with Gasteiger partial charge in [-0.15, -0.1) is 11.3 Å². The van der Waals surface area contributed by atoms with Crippen molar-refractivity contribution in [1.29, 1.82) is 0 Å². The predicted octanol–water partition coefficient (Wildman–Crippen LogP) is 5.52. The quantitative estimate of drug-likeness (QED) is 0.660. The first-order valence-electron chi connectivity index (χ1n) is 4.92. The number of unbranched alkanes of at least 4 members (excludes halogenated alkanes) is 1. The summed E-state index contributed by atoms with van der Waals surface area (Å²) in [6.45, 7) is 6.66. The summed E-state index contributed by atoms with van der Waals surface area (Å²) in [5.74, 6) is 0. The molecule has 1 aromatic heterocycles. The van der Waals surface area contributed by atoms with Gasteiger partial charge in [0.1, 0.15) is 0 Å². The first kappa shape index (κ1) is 12.4. The summed E-state index contributed by atoms with van der Waals surface area (Å²) in [5.41, 5.74) is 1.35. The van der Waals surface area contributed by atoms with E-state index in [2.05, 4.69) is 20.8 Å². The highest BCUT2D eigenvalue weighted by Gasteiger charge is 2.24. The maximum atomic E-state index is 6.14. The zero-order valence-corrected chi connectivity index (χ0v) is 11.2. The summed E-state index contributed by atoms with van der Waals surface area (Å²) < 4.78 is 1.63. The normalized spacial score (nSPS) is 12.1. The smallest absolute Gasteiger partial charge is 0.0981 e. The molecular weight excluding hydrogens is 235 g/mol. The summed E-state index contributed by atoms with van der Waals surface area (Å²) in [5, 5.41) is 0. The second-order valence-corrected chi connectivity index (χ2v) is 6.51. The Morgan fingerprint density at radius 1 is 1.36 bits per heavy atom. The van der Waals surface area contributed by atoms with Crippen LogP contribution in [0.3, 0.4) is 0 Å². The summed E-state index contributed by atoms with van der Waals surface area (Å²) >= 11 is 13.5. The van der Waals surface area contributed by atoms with E-state index in [1.54, 1.807) is 0 Å². The molecule has 0 bridgehead atoms. The average Bonchev–Trinajstić information content (AvgIpc) is 2.42. The van der Waals surface area contributed by atoms with Gasteiger partial charge in [0.2, 0.25) is 0 Å². The summed E-state index contributed by atoms with van der Waals surface area (Å²) in [7, 11) is 0. The molecule has 1 rings (SSSR count). The van der Waals surface area contributed by atoms with Crippen LogP contribution in [0, 0.1) is 0 Å². The number of rotatable bonds is 4. The van der Waals surface area contributed by atoms with Crippen LogP contribution in [0.15, 0.2) is 6.07 Å². The van der Waals surface area contributed by atoms with Crippen molar-refractivity contribution < 1.29 is 0 Å². The van der Waals surface area contributed by atoms with Crippen molar-refractivity contribution in [1.82, 2.24) is 0 Å². The van der Waals surface area contributed by atoms with Crippen LogP contribution in [0.25, 0.3) is 0 Å². The minimum Gasteiger partial charge on any atom is -0.111 e. The highest BCUT2D eigenvalue weighted by molar-refractivity contribution is 7.20. The number of thiophene rings is 1. The van der Waals surface area contributed by atoms with Crippen LogP contribution >= 0.6 is 34.5 Å². The Morgan fingerprint density at radius 3 is 2.43 bits per heavy atom. The summed E-state index contributed by atoms with van der Waals surface area (Å²) in [4.78, 5) is 0. The lowest BCUT2D eigenvalue weighted by Gasteiger charge is -2.24. The molecule has 0 radical (unpaired) electrons. The molecule has 0 nitrogen and oxygen atoms in total. The summed E-state index contributed by atoms with van der Waals surface area (Å²) in [6, 6.07) is 2.00. The molecule has 0 fully saturated rings. The van der Waals surface area contributed by atoms with Crippen LogP contribution < -0.4 is 0 Å². The molecule has 0 amide bonds. The minimum absolute atomic E-state index is 0.150. The van der Waals surface area contributed by atoms with Crippen molar-refractivity contribution in [3.8, 4) is 0 Å². The van der Waals surface area contributed by atoms with E-state index in [1.165, 1.54) is 29.7 Å². The Bertz CT molecular complexity index is 302. The third-order valence-electron chi connectivity index (χ3n) is 2.54. The van der Waals surface area contributed by atoms with Gasteiger partial charge in [0.25, 0.3) is 0 Å². The van der Waals surface area contributed by atoms with E-state index < -0.39 is 0 Å². The van der Waals surface area contributed by atoms with E-state index in [9.17, 15) is 0 Å². The molecule has 0 aliphatic heterocycles. The van der Waals surface area contributed by atoms with E-state index in [0.717, 1.165) is 15.1 Å². The largest absolute Gasteiger partial charge is 0.111 e. The molecule has 80 valence electrons. The lowest BCUT2D eigenvalue weighted by molar-refractivity contribution is 0.459. The number of hydrogen-bond donors (Lipinski definition) is 0. The molecule has 0 unspecified atom stereocenters. The average molecular weight is 251 g/mol. The van der Waals surface area contributed by atoms with Gasteiger partial charge in [0.05, 0.1) is 8.67 Å². The molecule has 0 atom stereocenters. The Hall–Kier alpha value is 0.280. The van der Waals surface area contributed by atoms with Crippen LogP contribution in [0.5, 0.6) is 0 Å². The third-order valence-corrected chi connectivity index (χ3v) is 4.03. The van der Waals surface area contributed by atoms with Crippen molar-refractivity contribution in [2.45, 2.75) is 45.4 Å². The van der Waals surface area contributed by atoms with Gasteiger partial charge in [-0.2, -0.15) is 0 Å². The van der Waals surface area contributed by atoms with E-state index >= 15 is 0 Å². The van der Waals surface area contributed by atoms with Crippen LogP contribution in [0.4, 0.5) is 0 Å². The van der Waals surface area contributed by atoms with Crippen LogP contribution in [0.2, 0.25) is 8.67 Å². The maximum absolute atomic E-state index is 6.14. The van der Waals surface area contributed by atoms with Crippen LogP contribution in [0.1, 0.15) is 45.6 Å². The molecule has 14 heavy (non-hydrogen) atoms. The second-order valence-electron chi connectivity index (χ2n) is 4.23. The van der Waals surface area contributed by atoms with Gasteiger partial charge in [-0.25, -0.2) is 0 Å². The number of hydrogen-bond acceptors (Lipinski definition) is 1. The molecule has 0 aliphatic carbocycles. The van der Waals surface area contributed by atoms with E-state index in [1.807, 2.05) is 6.07 Å². The highest BCUT2D eigenvalue weighted by Crippen LogP contribution is 2.40. The van der Waals surface area contributed by atoms with Gasteiger partial charge in [-0.05, 0) is 23.5 Å². The molecular formula is C11H16Cl2S. The van der Waals surface area contributed by atoms with Crippen molar-refractivity contribution in [2.75, 3.05) is 0 Å². The molecule has 0 aliphatic rings. The Labute approximate surface area is 100 Å². The zero-order valence-electron chi connectivity index (χ0n) is 8.86. The van der Waals surface area contributed by atoms with Gasteiger partial charge >= 0.3 is 0 Å². The molecule has 0 aromatic carbocycles. The van der Waals surface area contributed by atoms with Gasteiger partial charge < -0.3 is 0 Å². The topological polar surface area (TPSA) is 0 Å². The van der Waals surface area contributed by atoms with Gasteiger partial charge in [0.15, 0.2) is 0 Å². The van der Waals surface area contributed by atoms with Gasteiger partial charge in [0, 0.05) is 0 Å². The van der Waals surface area contributed by atoms with Crippen molar-refractivity contribution in [2.24, 2.45) is 0 Å². The minimum atomic E-state index is 0.150. The third kappa shape index (κ3) is 2.88. The first-order chi connectivity index (χ1) is 6.47. The molecule has 0 spiro atoms. The Kier molecular flexibility index (Phi) is 4.30. The maximum Gasteiger partial charge on any atom is 0.0981 e. The van der Waals surface area contributed by atoms with Crippen molar-refractivity contribution in [3.63, 3.8) is 0 Å². The van der Waals surface area contributed by atoms with Crippen LogP contribution in [-0.4, -0.2) is 0 Å². The molecule has 0 saturated heterocycles. The zero-order chi connectivity index (χ0) is 10.8. The van der Waals surface area contributed by atoms with Gasteiger partial charge in [-0.3, -0.25) is 0 Å². The Balaban J connectivity index is 2.85. The van der Waals surface area contributed by atoms with Crippen LogP contribution in [-0.2, 0) is 5.41 Å². The fraction of sp³-hybridized carbons (Fsp3) is 0.636. The number of halogens is 2. The van der Waals surface area contributed by atoms with Crippen molar-refractivity contribution >= 4 is 34.5 Å². The molecule has 3 heteroatoms. The van der Waals surface area contributed by atoms with E-state index in [0.29, 0.717) is 0 Å². The van der Waals surface area contributed by atoms with E-state index in [-0.39, 0.29) is 5.41 Å². The highest BCUT2D eigenvalue weighted by atomic mass is 35.5. The Morgan fingerprint density at radius 2 is 2.00 bits per heavy atom. The molecule has 1 aromatic rings. The monoisotopic (exact) mass is 250 g/mol. The summed E-state index contributed by atoms with van der Waals surface area (Å²) in [6.07, 6.45) is 3.62. The molecule has 0 N–H and O–H groups in total. The van der Waals surface area contributed by atoms with E-state index in [4.69, 9.17) is 23.2 Å². The lowest BCUT2D eigenvalue weighted by Crippen LogP contribution is -2.16. The van der Waals surface area contributed by atoms with Gasteiger partial charge in [-0.1, -0.05) is 56.8 Å². The molecule has 0 saturated carbocycles. The fourth-order valence-electron chi connectivity index (χ4n) is 1.56. The molecule has 1 heterocycles. The fourth-order valence-corrected chi connectivity index (χ4v) is 3.37. The van der Waals surface area contributed by atoms with Crippen molar-refractivity contribution in [3.05, 3.63) is 20.3 Å². The predicted molar refractivity (Wildman–Crippen MR) is 66.9 cm³/mol.